The van der Waals surface area contributed by atoms with Crippen LogP contribution in [0.15, 0.2) is 58.0 Å². The van der Waals surface area contributed by atoms with Crippen molar-refractivity contribution in [2.45, 2.75) is 62.8 Å². The Hall–Kier alpha value is -2.97. The Kier molecular flexibility index (Phi) is 8.00. The van der Waals surface area contributed by atoms with Crippen molar-refractivity contribution in [2.75, 3.05) is 25.9 Å². The molecule has 2 aliphatic rings. The van der Waals surface area contributed by atoms with Crippen molar-refractivity contribution in [1.82, 2.24) is 15.2 Å². The van der Waals surface area contributed by atoms with Gasteiger partial charge >= 0.3 is 0 Å². The van der Waals surface area contributed by atoms with Crippen molar-refractivity contribution in [1.29, 1.82) is 0 Å². The van der Waals surface area contributed by atoms with Gasteiger partial charge in [-0.25, -0.2) is 13.4 Å². The Morgan fingerprint density at radius 2 is 1.82 bits per heavy atom. The third-order valence-corrected chi connectivity index (χ3v) is 9.14. The molecule has 0 atom stereocenters. The summed E-state index contributed by atoms with van der Waals surface area (Å²) < 4.78 is 29.5. The molecule has 1 aliphatic carbocycles. The van der Waals surface area contributed by atoms with Gasteiger partial charge in [-0.1, -0.05) is 12.1 Å². The van der Waals surface area contributed by atoms with Gasteiger partial charge in [0, 0.05) is 36.5 Å². The van der Waals surface area contributed by atoms with Crippen molar-refractivity contribution in [3.63, 3.8) is 0 Å². The number of aryl methyl sites for hydroxylation is 1. The Balaban J connectivity index is 1.07. The molecule has 0 saturated heterocycles. The molecule has 3 aromatic rings. The number of hydrogen-bond acceptors (Lipinski definition) is 6. The standard InChI is InChI=1S/C30H37N3O4S/c1-21-20-31-30(37-21)26-5-3-4-25(18-26)29(34)32-27-9-6-22(7-10-27)12-15-33-16-13-23-8-11-28(38(2,35)36)19-24(23)14-17-33/h3-5,8,11,18-20,22,27H,6-7,9-10,12-17H2,1-2H3,(H,32,34). The van der Waals surface area contributed by atoms with Gasteiger partial charge < -0.3 is 14.6 Å². The minimum atomic E-state index is -3.17. The number of aromatic nitrogens is 1. The lowest BCUT2D eigenvalue weighted by molar-refractivity contribution is 0.0920. The SMILES string of the molecule is Cc1cnc(-c2cccc(C(=O)NC3CCC(CCN4CCc5ccc(S(C)(=O)=O)cc5CC4)CC3)c2)o1. The van der Waals surface area contributed by atoms with Gasteiger partial charge in [0.1, 0.15) is 5.76 Å². The van der Waals surface area contributed by atoms with Gasteiger partial charge in [0.25, 0.3) is 5.91 Å². The summed E-state index contributed by atoms with van der Waals surface area (Å²) in [5, 5.41) is 3.24. The van der Waals surface area contributed by atoms with Gasteiger partial charge in [0.05, 0.1) is 11.1 Å². The second-order valence-corrected chi connectivity index (χ2v) is 12.9. The van der Waals surface area contributed by atoms with Crippen LogP contribution < -0.4 is 5.32 Å². The smallest absolute Gasteiger partial charge is 0.251 e. The molecule has 202 valence electrons. The first-order chi connectivity index (χ1) is 18.2. The summed E-state index contributed by atoms with van der Waals surface area (Å²) in [6, 6.07) is 13.3. The van der Waals surface area contributed by atoms with E-state index < -0.39 is 9.84 Å². The van der Waals surface area contributed by atoms with E-state index >= 15 is 0 Å². The number of amides is 1. The number of benzene rings is 2. The van der Waals surface area contributed by atoms with Crippen LogP contribution in [0.4, 0.5) is 0 Å². The van der Waals surface area contributed by atoms with Crippen LogP contribution in [0, 0.1) is 12.8 Å². The maximum absolute atomic E-state index is 12.9. The van der Waals surface area contributed by atoms with E-state index in [0.717, 1.165) is 69.5 Å². The third-order valence-electron chi connectivity index (χ3n) is 8.03. The molecule has 1 aromatic heterocycles. The Bertz CT molecular complexity index is 1390. The highest BCUT2D eigenvalue weighted by molar-refractivity contribution is 7.90. The molecule has 1 aliphatic heterocycles. The summed E-state index contributed by atoms with van der Waals surface area (Å²) in [4.78, 5) is 20.1. The molecule has 0 unspecified atom stereocenters. The predicted molar refractivity (Wildman–Crippen MR) is 148 cm³/mol. The van der Waals surface area contributed by atoms with Crippen LogP contribution in [-0.2, 0) is 22.7 Å². The highest BCUT2D eigenvalue weighted by atomic mass is 32.2. The number of fused-ring (bicyclic) bond motifs is 1. The Morgan fingerprint density at radius 3 is 2.53 bits per heavy atom. The zero-order chi connectivity index (χ0) is 26.7. The molecule has 2 aromatic carbocycles. The van der Waals surface area contributed by atoms with Crippen molar-refractivity contribution < 1.29 is 17.6 Å². The highest BCUT2D eigenvalue weighted by Crippen LogP contribution is 2.28. The fraction of sp³-hybridized carbons (Fsp3) is 0.467. The number of nitrogens with one attached hydrogen (secondary N) is 1. The summed E-state index contributed by atoms with van der Waals surface area (Å²) in [6.45, 7) is 4.91. The van der Waals surface area contributed by atoms with Crippen LogP contribution in [0.25, 0.3) is 11.5 Å². The van der Waals surface area contributed by atoms with E-state index in [1.165, 1.54) is 23.8 Å². The van der Waals surface area contributed by atoms with Gasteiger partial charge in [-0.2, -0.15) is 0 Å². The monoisotopic (exact) mass is 535 g/mol. The molecule has 1 N–H and O–H groups in total. The zero-order valence-electron chi connectivity index (χ0n) is 22.3. The summed E-state index contributed by atoms with van der Waals surface area (Å²) >= 11 is 0. The molecule has 1 amide bonds. The molecule has 1 fully saturated rings. The van der Waals surface area contributed by atoms with Gasteiger partial charge in [-0.05, 0) is 106 Å². The topological polar surface area (TPSA) is 92.5 Å². The fourth-order valence-electron chi connectivity index (χ4n) is 5.71. The summed E-state index contributed by atoms with van der Waals surface area (Å²) in [7, 11) is -3.17. The Morgan fingerprint density at radius 1 is 1.05 bits per heavy atom. The van der Waals surface area contributed by atoms with Crippen LogP contribution in [0.2, 0.25) is 0 Å². The number of carbonyl (C=O) groups excluding carboxylic acids is 1. The number of sulfone groups is 1. The fourth-order valence-corrected chi connectivity index (χ4v) is 6.38. The average Bonchev–Trinajstić information content (AvgIpc) is 3.24. The van der Waals surface area contributed by atoms with E-state index in [-0.39, 0.29) is 11.9 Å². The van der Waals surface area contributed by atoms with E-state index in [0.29, 0.717) is 22.3 Å². The van der Waals surface area contributed by atoms with Crippen molar-refractivity contribution in [3.05, 3.63) is 71.1 Å². The lowest BCUT2D eigenvalue weighted by Crippen LogP contribution is -2.38. The van der Waals surface area contributed by atoms with Gasteiger partial charge in [-0.15, -0.1) is 0 Å². The van der Waals surface area contributed by atoms with E-state index in [2.05, 4.69) is 15.2 Å². The quantitative estimate of drug-likeness (QED) is 0.466. The second kappa shape index (κ2) is 11.4. The molecule has 1 saturated carbocycles. The molecular weight excluding hydrogens is 498 g/mol. The molecule has 7 nitrogen and oxygen atoms in total. The summed E-state index contributed by atoms with van der Waals surface area (Å²) in [6.07, 6.45) is 10.3. The minimum absolute atomic E-state index is 0.0401. The highest BCUT2D eigenvalue weighted by Gasteiger charge is 2.24. The maximum atomic E-state index is 12.9. The number of nitrogens with zero attached hydrogens (tertiary/aromatic N) is 2. The molecule has 38 heavy (non-hydrogen) atoms. The summed E-state index contributed by atoms with van der Waals surface area (Å²) in [5.41, 5.74) is 3.89. The number of carbonyl (C=O) groups is 1. The predicted octanol–water partition coefficient (Wildman–Crippen LogP) is 4.83. The third kappa shape index (κ3) is 6.53. The van der Waals surface area contributed by atoms with E-state index in [1.54, 1.807) is 12.3 Å². The average molecular weight is 536 g/mol. The van der Waals surface area contributed by atoms with Gasteiger partial charge in [-0.3, -0.25) is 4.79 Å². The molecule has 0 bridgehead atoms. The molecule has 5 rings (SSSR count). The van der Waals surface area contributed by atoms with Crippen LogP contribution >= 0.6 is 0 Å². The van der Waals surface area contributed by atoms with Crippen molar-refractivity contribution in [2.24, 2.45) is 5.92 Å². The first-order valence-electron chi connectivity index (χ1n) is 13.6. The second-order valence-electron chi connectivity index (χ2n) is 10.9. The van der Waals surface area contributed by atoms with Crippen LogP contribution in [0.1, 0.15) is 59.3 Å². The molecule has 8 heteroatoms. The molecule has 2 heterocycles. The van der Waals surface area contributed by atoms with Crippen LogP contribution in [0.5, 0.6) is 0 Å². The number of oxazole rings is 1. The van der Waals surface area contributed by atoms with Crippen LogP contribution in [0.3, 0.4) is 0 Å². The number of hydrogen-bond donors (Lipinski definition) is 1. The Labute approximate surface area is 225 Å². The summed E-state index contributed by atoms with van der Waals surface area (Å²) in [5.74, 6) is 1.92. The van der Waals surface area contributed by atoms with E-state index in [1.807, 2.05) is 43.3 Å². The lowest BCUT2D eigenvalue weighted by atomic mass is 9.84. The first-order valence-corrected chi connectivity index (χ1v) is 15.5. The van der Waals surface area contributed by atoms with Gasteiger partial charge in [0.2, 0.25) is 5.89 Å². The molecule has 0 spiro atoms. The van der Waals surface area contributed by atoms with Crippen LogP contribution in [-0.4, -0.2) is 56.1 Å². The zero-order valence-corrected chi connectivity index (χ0v) is 23.1. The van der Waals surface area contributed by atoms with Gasteiger partial charge in [0.15, 0.2) is 9.84 Å². The number of rotatable bonds is 7. The lowest BCUT2D eigenvalue weighted by Gasteiger charge is -2.30. The molecule has 0 radical (unpaired) electrons. The van der Waals surface area contributed by atoms with E-state index in [9.17, 15) is 13.2 Å². The van der Waals surface area contributed by atoms with Crippen molar-refractivity contribution >= 4 is 15.7 Å². The van der Waals surface area contributed by atoms with Crippen molar-refractivity contribution in [3.8, 4) is 11.5 Å². The largest absolute Gasteiger partial charge is 0.441 e. The normalized spacial score (nSPS) is 20.5. The maximum Gasteiger partial charge on any atom is 0.251 e. The molecular formula is C30H37N3O4S. The first kappa shape index (κ1) is 26.6. The minimum Gasteiger partial charge on any atom is -0.441 e. The van der Waals surface area contributed by atoms with E-state index in [4.69, 9.17) is 4.42 Å².